The van der Waals surface area contributed by atoms with Crippen LogP contribution in [0.5, 0.6) is 0 Å². The molecular weight excluding hydrogens is 164 g/mol. The van der Waals surface area contributed by atoms with Gasteiger partial charge in [0.15, 0.2) is 0 Å². The normalized spacial score (nSPS) is 7.85. The van der Waals surface area contributed by atoms with E-state index in [0.717, 1.165) is 0 Å². The summed E-state index contributed by atoms with van der Waals surface area (Å²) in [6.07, 6.45) is 5.54. The van der Waals surface area contributed by atoms with E-state index in [1.165, 1.54) is 25.7 Å². The molecule has 0 amide bonds. The highest BCUT2D eigenvalue weighted by Crippen LogP contribution is 1.95. The quantitative estimate of drug-likeness (QED) is 0.591. The first-order chi connectivity index (χ1) is 6.24. The van der Waals surface area contributed by atoms with Crippen molar-refractivity contribution in [1.82, 2.24) is 0 Å². The molecule has 3 nitrogen and oxygen atoms in total. The highest BCUT2D eigenvalue weighted by molar-refractivity contribution is 4.31. The summed E-state index contributed by atoms with van der Waals surface area (Å²) in [5, 5.41) is 7.57. The average molecular weight is 192 g/mol. The van der Waals surface area contributed by atoms with E-state index in [-0.39, 0.29) is 6.61 Å². The topological polar surface area (TPSA) is 72.3 Å². The molecule has 0 aliphatic rings. The number of nitrogens with two attached hydrogens (primary N) is 2. The Balaban J connectivity index is -0.000000125. The lowest BCUT2D eigenvalue weighted by molar-refractivity contribution is 0.318. The molecule has 5 N–H and O–H groups in total. The zero-order valence-corrected chi connectivity index (χ0v) is 9.55. The molecule has 0 rings (SSSR count). The van der Waals surface area contributed by atoms with Crippen molar-refractivity contribution in [2.24, 2.45) is 11.5 Å². The summed E-state index contributed by atoms with van der Waals surface area (Å²) in [7, 11) is 0. The molecule has 0 aromatic rings. The fraction of sp³-hybridized carbons (Fsp3) is 1.00. The number of hydrogen-bond acceptors (Lipinski definition) is 3. The number of aliphatic hydroxyl groups is 1. The smallest absolute Gasteiger partial charge is 0.0402 e. The van der Waals surface area contributed by atoms with Crippen molar-refractivity contribution < 1.29 is 5.11 Å². The summed E-state index contributed by atoms with van der Waals surface area (Å²) in [5.41, 5.74) is 9.81. The van der Waals surface area contributed by atoms with Crippen LogP contribution in [0.15, 0.2) is 0 Å². The van der Waals surface area contributed by atoms with E-state index in [2.05, 4.69) is 13.8 Å². The van der Waals surface area contributed by atoms with Crippen molar-refractivity contribution in [2.75, 3.05) is 19.7 Å². The Kier molecular flexibility index (Phi) is 42.6. The van der Waals surface area contributed by atoms with Gasteiger partial charge in [0.1, 0.15) is 0 Å². The molecule has 0 saturated carbocycles. The van der Waals surface area contributed by atoms with Crippen LogP contribution in [0.4, 0.5) is 0 Å². The molecular formula is C10H28N2O. The Labute approximate surface area is 83.5 Å². The average Bonchev–Trinajstić information content (AvgIpc) is 2.16. The molecule has 0 fully saturated rings. The molecule has 13 heavy (non-hydrogen) atoms. The Morgan fingerprint density at radius 3 is 1.15 bits per heavy atom. The number of unbranched alkanes of at least 4 members (excludes halogenated alkanes) is 3. The van der Waals surface area contributed by atoms with Gasteiger partial charge < -0.3 is 16.6 Å². The lowest BCUT2D eigenvalue weighted by atomic mass is 10.2. The van der Waals surface area contributed by atoms with E-state index >= 15 is 0 Å². The third-order valence-electron chi connectivity index (χ3n) is 1.12. The summed E-state index contributed by atoms with van der Waals surface area (Å²) >= 11 is 0. The molecule has 0 aliphatic carbocycles. The standard InChI is InChI=1S/C6H14.C2H8N2.C2H6O/c1-3-5-6-4-2;3-1-2-4;1-2-3/h3-6H2,1-2H3;1-4H2;3H,2H2,1H3. The van der Waals surface area contributed by atoms with Crippen LogP contribution in [0.3, 0.4) is 0 Å². The molecule has 0 saturated heterocycles. The van der Waals surface area contributed by atoms with Crippen molar-refractivity contribution in [1.29, 1.82) is 0 Å². The maximum Gasteiger partial charge on any atom is 0.0402 e. The van der Waals surface area contributed by atoms with E-state index in [1.807, 2.05) is 0 Å². The highest BCUT2D eigenvalue weighted by atomic mass is 16.2. The van der Waals surface area contributed by atoms with Crippen molar-refractivity contribution in [2.45, 2.75) is 46.5 Å². The molecule has 3 heteroatoms. The molecule has 0 heterocycles. The van der Waals surface area contributed by atoms with E-state index in [1.54, 1.807) is 6.92 Å². The van der Waals surface area contributed by atoms with Crippen LogP contribution in [-0.2, 0) is 0 Å². The molecule has 0 spiro atoms. The molecule has 0 aromatic heterocycles. The number of aliphatic hydroxyl groups excluding tert-OH is 1. The second kappa shape index (κ2) is 29.7. The van der Waals surface area contributed by atoms with Gasteiger partial charge in [-0.15, -0.1) is 0 Å². The van der Waals surface area contributed by atoms with Gasteiger partial charge in [-0.3, -0.25) is 0 Å². The van der Waals surface area contributed by atoms with Gasteiger partial charge in [-0.1, -0.05) is 39.5 Å². The third kappa shape index (κ3) is 77.0. The zero-order valence-electron chi connectivity index (χ0n) is 9.55. The lowest BCUT2D eigenvalue weighted by Gasteiger charge is -1.86. The van der Waals surface area contributed by atoms with Crippen LogP contribution in [-0.4, -0.2) is 24.8 Å². The summed E-state index contributed by atoms with van der Waals surface area (Å²) in [4.78, 5) is 0. The van der Waals surface area contributed by atoms with Crippen LogP contribution in [0.2, 0.25) is 0 Å². The second-order valence-electron chi connectivity index (χ2n) is 2.60. The van der Waals surface area contributed by atoms with Crippen molar-refractivity contribution in [3.63, 3.8) is 0 Å². The minimum atomic E-state index is 0.250. The van der Waals surface area contributed by atoms with Gasteiger partial charge in [-0.05, 0) is 6.92 Å². The van der Waals surface area contributed by atoms with Crippen LogP contribution >= 0.6 is 0 Å². The maximum absolute atomic E-state index is 7.57. The number of rotatable bonds is 4. The van der Waals surface area contributed by atoms with Gasteiger partial charge in [0.25, 0.3) is 0 Å². The number of hydrogen-bond donors (Lipinski definition) is 3. The van der Waals surface area contributed by atoms with Crippen molar-refractivity contribution >= 4 is 0 Å². The molecule has 84 valence electrons. The van der Waals surface area contributed by atoms with E-state index in [4.69, 9.17) is 16.6 Å². The van der Waals surface area contributed by atoms with Crippen LogP contribution < -0.4 is 11.5 Å². The van der Waals surface area contributed by atoms with Gasteiger partial charge in [0.05, 0.1) is 0 Å². The molecule has 0 aromatic carbocycles. The monoisotopic (exact) mass is 192 g/mol. The van der Waals surface area contributed by atoms with Crippen LogP contribution in [0.1, 0.15) is 46.5 Å². The third-order valence-corrected chi connectivity index (χ3v) is 1.12. The summed E-state index contributed by atoms with van der Waals surface area (Å²) < 4.78 is 0. The van der Waals surface area contributed by atoms with Gasteiger partial charge in [-0.25, -0.2) is 0 Å². The van der Waals surface area contributed by atoms with E-state index in [0.29, 0.717) is 13.1 Å². The van der Waals surface area contributed by atoms with Gasteiger partial charge in [-0.2, -0.15) is 0 Å². The largest absolute Gasteiger partial charge is 0.397 e. The van der Waals surface area contributed by atoms with E-state index in [9.17, 15) is 0 Å². The van der Waals surface area contributed by atoms with Crippen LogP contribution in [0, 0.1) is 0 Å². The fourth-order valence-electron chi connectivity index (χ4n) is 0.500. The van der Waals surface area contributed by atoms with Gasteiger partial charge in [0, 0.05) is 19.7 Å². The zero-order chi connectivity index (χ0) is 10.9. The molecule has 0 atom stereocenters. The molecule has 0 aliphatic heterocycles. The summed E-state index contributed by atoms with van der Waals surface area (Å²) in [5.74, 6) is 0. The fourth-order valence-corrected chi connectivity index (χ4v) is 0.500. The van der Waals surface area contributed by atoms with Gasteiger partial charge >= 0.3 is 0 Å². The predicted octanol–water partition coefficient (Wildman–Crippen LogP) is 1.49. The summed E-state index contributed by atoms with van der Waals surface area (Å²) in [6.45, 7) is 7.59. The lowest BCUT2D eigenvalue weighted by Crippen LogP contribution is -2.11. The molecule has 0 unspecified atom stereocenters. The summed E-state index contributed by atoms with van der Waals surface area (Å²) in [6, 6.07) is 0. The first kappa shape index (κ1) is 18.6. The minimum absolute atomic E-state index is 0.250. The van der Waals surface area contributed by atoms with Crippen molar-refractivity contribution in [3.8, 4) is 0 Å². The second-order valence-corrected chi connectivity index (χ2v) is 2.60. The SMILES string of the molecule is CCCCCC.CCO.NCCN. The first-order valence-electron chi connectivity index (χ1n) is 5.25. The van der Waals surface area contributed by atoms with E-state index < -0.39 is 0 Å². The Morgan fingerprint density at radius 2 is 1.08 bits per heavy atom. The predicted molar refractivity (Wildman–Crippen MR) is 60.7 cm³/mol. The molecule has 0 bridgehead atoms. The van der Waals surface area contributed by atoms with Crippen LogP contribution in [0.25, 0.3) is 0 Å². The highest BCUT2D eigenvalue weighted by Gasteiger charge is 1.75. The first-order valence-corrected chi connectivity index (χ1v) is 5.25. The maximum atomic E-state index is 7.57. The Bertz CT molecular complexity index is 46.2. The Morgan fingerprint density at radius 1 is 0.846 bits per heavy atom. The Hall–Kier alpha value is -0.120. The van der Waals surface area contributed by atoms with Gasteiger partial charge in [0.2, 0.25) is 0 Å². The molecule has 0 radical (unpaired) electrons. The van der Waals surface area contributed by atoms with Crippen molar-refractivity contribution in [3.05, 3.63) is 0 Å². The minimum Gasteiger partial charge on any atom is -0.397 e.